The zero-order valence-electron chi connectivity index (χ0n) is 26.6. The number of hydrogen-bond acceptors (Lipinski definition) is 7. The quantitative estimate of drug-likeness (QED) is 0.101. The van der Waals surface area contributed by atoms with Crippen molar-refractivity contribution >= 4 is 38.6 Å². The number of carbonyl (C=O) groups excluding carboxylic acids is 1. The number of anilines is 1. The maximum absolute atomic E-state index is 15.0. The predicted octanol–water partition coefficient (Wildman–Crippen LogP) is 5.81. The number of fused-ring (bicyclic) bond motifs is 1. The van der Waals surface area contributed by atoms with Gasteiger partial charge in [0.25, 0.3) is 0 Å². The maximum Gasteiger partial charge on any atom is 0.416 e. The summed E-state index contributed by atoms with van der Waals surface area (Å²) in [6.45, 7) is -3.64. The topological polar surface area (TPSA) is 135 Å². The first-order valence-corrected chi connectivity index (χ1v) is 16.0. The number of rotatable bonds is 11. The Balaban J connectivity index is 1.70. The van der Waals surface area contributed by atoms with Crippen LogP contribution in [0.3, 0.4) is 0 Å². The van der Waals surface area contributed by atoms with Crippen LogP contribution < -0.4 is 9.64 Å². The summed E-state index contributed by atoms with van der Waals surface area (Å²) in [5.41, 5.74) is -1.99. The number of nitrogens with zero attached hydrogens (tertiary/aromatic N) is 5. The highest BCUT2D eigenvalue weighted by Crippen LogP contribution is 2.36. The fourth-order valence-electron chi connectivity index (χ4n) is 5.24. The summed E-state index contributed by atoms with van der Waals surface area (Å²) in [7, 11) is -3.41. The molecule has 0 radical (unpaired) electrons. The van der Waals surface area contributed by atoms with Gasteiger partial charge in [-0.25, -0.2) is 40.1 Å². The van der Waals surface area contributed by atoms with Gasteiger partial charge in [0.2, 0.25) is 21.7 Å². The molecule has 274 valence electrons. The second-order valence-electron chi connectivity index (χ2n) is 11.0. The molecule has 5 rings (SSSR count). The highest BCUT2D eigenvalue weighted by molar-refractivity contribution is 7.89. The van der Waals surface area contributed by atoms with Crippen molar-refractivity contribution in [3.63, 3.8) is 0 Å². The molecule has 0 aliphatic heterocycles. The van der Waals surface area contributed by atoms with E-state index in [4.69, 9.17) is 4.74 Å². The number of carboxylic acid groups (broad SMARTS) is 1. The van der Waals surface area contributed by atoms with Crippen LogP contribution in [0.25, 0.3) is 11.0 Å². The minimum atomic E-state index is -6.07. The molecule has 0 aliphatic carbocycles. The van der Waals surface area contributed by atoms with Gasteiger partial charge in [-0.1, -0.05) is 12.1 Å². The lowest BCUT2D eigenvalue weighted by molar-refractivity contribution is -0.138. The number of aromatic carboxylic acids is 1. The van der Waals surface area contributed by atoms with Gasteiger partial charge in [-0.15, -0.1) is 0 Å². The van der Waals surface area contributed by atoms with Gasteiger partial charge in [0, 0.05) is 26.0 Å². The van der Waals surface area contributed by atoms with E-state index < -0.39 is 92.8 Å². The number of aryl methyl sites for hydroxylation is 1. The van der Waals surface area contributed by atoms with E-state index in [-0.39, 0.29) is 27.1 Å². The van der Waals surface area contributed by atoms with Crippen molar-refractivity contribution < 1.29 is 63.0 Å². The molecule has 0 bridgehead atoms. The van der Waals surface area contributed by atoms with Gasteiger partial charge in [0.1, 0.15) is 11.6 Å². The van der Waals surface area contributed by atoms with E-state index in [1.807, 2.05) is 0 Å². The SMILES string of the molecule is COc1cc(C(=O)O)ccc1N(Cc1nc2ccccc2n1C)C(=O)CN(Cc1cnccc1C(F)(F)F)S(=O)(=O)c1c(F)c(F)c(F)c(F)c1F. The Bertz CT molecular complexity index is 2310. The van der Waals surface area contributed by atoms with Crippen LogP contribution >= 0.6 is 0 Å². The van der Waals surface area contributed by atoms with E-state index in [9.17, 15) is 58.2 Å². The number of alkyl halides is 3. The fraction of sp³-hybridized carbons (Fsp3) is 0.188. The van der Waals surface area contributed by atoms with Crippen molar-refractivity contribution in [1.29, 1.82) is 0 Å². The standard InChI is InChI=1S/C32H23F8N5O6S/c1-43-20-6-4-3-5-19(20)42-23(43)14-45(21-8-7-16(31(47)48)11-22(21)51-2)24(46)15-44(13-17-12-41-10-9-18(17)32(38,39)40)52(49,50)30-28(36)26(34)25(33)27(35)29(30)37/h3-12H,13-15H2,1-2H3,(H,47,48). The molecule has 0 fully saturated rings. The average molecular weight is 758 g/mol. The maximum atomic E-state index is 15.0. The average Bonchev–Trinajstić information content (AvgIpc) is 3.42. The lowest BCUT2D eigenvalue weighted by Crippen LogP contribution is -2.43. The molecule has 3 aromatic carbocycles. The third-order valence-corrected chi connectivity index (χ3v) is 9.64. The van der Waals surface area contributed by atoms with Crippen molar-refractivity contribution in [1.82, 2.24) is 18.8 Å². The van der Waals surface area contributed by atoms with E-state index >= 15 is 0 Å². The summed E-state index contributed by atoms with van der Waals surface area (Å²) in [4.78, 5) is 32.2. The van der Waals surface area contributed by atoms with E-state index in [1.54, 1.807) is 31.3 Å². The third kappa shape index (κ3) is 6.98. The molecule has 11 nitrogen and oxygen atoms in total. The Morgan fingerprint density at radius 1 is 0.923 bits per heavy atom. The molecule has 2 heterocycles. The van der Waals surface area contributed by atoms with Crippen LogP contribution in [0.15, 0.2) is 65.8 Å². The number of aromatic nitrogens is 3. The third-order valence-electron chi connectivity index (χ3n) is 7.83. The lowest BCUT2D eigenvalue weighted by atomic mass is 10.1. The van der Waals surface area contributed by atoms with E-state index in [2.05, 4.69) is 9.97 Å². The lowest BCUT2D eigenvalue weighted by Gasteiger charge is -2.29. The zero-order valence-corrected chi connectivity index (χ0v) is 27.4. The molecule has 5 aromatic rings. The summed E-state index contributed by atoms with van der Waals surface area (Å²) < 4.78 is 148. The number of para-hydroxylation sites is 2. The Morgan fingerprint density at radius 3 is 2.15 bits per heavy atom. The van der Waals surface area contributed by atoms with Gasteiger partial charge in [0.05, 0.1) is 48.0 Å². The zero-order chi connectivity index (χ0) is 38.3. The number of halogens is 8. The Labute approximate surface area is 288 Å². The Kier molecular flexibility index (Phi) is 10.3. The summed E-state index contributed by atoms with van der Waals surface area (Å²) >= 11 is 0. The van der Waals surface area contributed by atoms with Crippen molar-refractivity contribution in [2.24, 2.45) is 7.05 Å². The van der Waals surface area contributed by atoms with Gasteiger partial charge in [-0.2, -0.15) is 17.5 Å². The number of carbonyl (C=O) groups is 2. The molecular formula is C32H23F8N5O6S. The number of pyridine rings is 1. The number of hydrogen-bond donors (Lipinski definition) is 1. The molecule has 1 amide bonds. The van der Waals surface area contributed by atoms with Gasteiger partial charge in [0.15, 0.2) is 28.2 Å². The Morgan fingerprint density at radius 2 is 1.56 bits per heavy atom. The Hall–Kier alpha value is -5.63. The number of sulfonamides is 1. The molecule has 0 unspecified atom stereocenters. The highest BCUT2D eigenvalue weighted by Gasteiger charge is 2.41. The minimum absolute atomic E-state index is 0.125. The molecule has 0 atom stereocenters. The molecule has 0 saturated carbocycles. The minimum Gasteiger partial charge on any atom is -0.495 e. The molecular weight excluding hydrogens is 734 g/mol. The second kappa shape index (κ2) is 14.2. The smallest absolute Gasteiger partial charge is 0.416 e. The van der Waals surface area contributed by atoms with Crippen LogP contribution in [-0.2, 0) is 41.1 Å². The summed E-state index contributed by atoms with van der Waals surface area (Å²) in [6, 6.07) is 10.2. The summed E-state index contributed by atoms with van der Waals surface area (Å²) in [6.07, 6.45) is -3.92. The van der Waals surface area contributed by atoms with E-state index in [0.29, 0.717) is 29.5 Å². The second-order valence-corrected chi connectivity index (χ2v) is 12.8. The first-order chi connectivity index (χ1) is 24.4. The van der Waals surface area contributed by atoms with Crippen LogP contribution in [0.5, 0.6) is 5.75 Å². The van der Waals surface area contributed by atoms with Crippen LogP contribution in [0, 0.1) is 29.1 Å². The van der Waals surface area contributed by atoms with E-state index in [1.165, 1.54) is 4.57 Å². The number of carboxylic acids is 1. The van der Waals surface area contributed by atoms with Crippen LogP contribution in [0.4, 0.5) is 40.8 Å². The first-order valence-electron chi connectivity index (χ1n) is 14.5. The van der Waals surface area contributed by atoms with Crippen LogP contribution in [0.1, 0.15) is 27.3 Å². The fourth-order valence-corrected chi connectivity index (χ4v) is 6.72. The molecule has 1 N–H and O–H groups in total. The van der Waals surface area contributed by atoms with E-state index in [0.717, 1.165) is 30.2 Å². The number of ether oxygens (including phenoxy) is 1. The van der Waals surface area contributed by atoms with Crippen LogP contribution in [-0.4, -0.2) is 57.9 Å². The van der Waals surface area contributed by atoms with Crippen molar-refractivity contribution in [3.8, 4) is 5.75 Å². The summed E-state index contributed by atoms with van der Waals surface area (Å²) in [5.74, 6) is -16.6. The molecule has 0 aliphatic rings. The number of imidazole rings is 1. The van der Waals surface area contributed by atoms with Gasteiger partial charge >= 0.3 is 12.1 Å². The number of benzene rings is 3. The molecule has 20 heteroatoms. The molecule has 0 saturated heterocycles. The van der Waals surface area contributed by atoms with Crippen molar-refractivity contribution in [2.45, 2.75) is 24.2 Å². The molecule has 2 aromatic heterocycles. The first kappa shape index (κ1) is 37.6. The van der Waals surface area contributed by atoms with Gasteiger partial charge < -0.3 is 19.3 Å². The van der Waals surface area contributed by atoms with Crippen molar-refractivity contribution in [3.05, 3.63) is 113 Å². The summed E-state index contributed by atoms with van der Waals surface area (Å²) in [5, 5.41) is 9.49. The largest absolute Gasteiger partial charge is 0.495 e. The van der Waals surface area contributed by atoms with Gasteiger partial charge in [-0.3, -0.25) is 9.78 Å². The van der Waals surface area contributed by atoms with Crippen molar-refractivity contribution in [2.75, 3.05) is 18.6 Å². The van der Waals surface area contributed by atoms with Gasteiger partial charge in [-0.05, 0) is 42.0 Å². The number of methoxy groups -OCH3 is 1. The van der Waals surface area contributed by atoms with Crippen LogP contribution in [0.2, 0.25) is 0 Å². The monoisotopic (exact) mass is 757 g/mol. The highest BCUT2D eigenvalue weighted by atomic mass is 32.2. The predicted molar refractivity (Wildman–Crippen MR) is 165 cm³/mol. The number of amides is 1. The molecule has 0 spiro atoms. The normalized spacial score (nSPS) is 12.1. The molecule has 52 heavy (non-hydrogen) atoms.